The van der Waals surface area contributed by atoms with Gasteiger partial charge in [-0.1, -0.05) is 19.1 Å². The Hall–Kier alpha value is -0.720. The Bertz CT molecular complexity index is 193. The molecule has 1 aliphatic rings. The lowest BCUT2D eigenvalue weighted by Gasteiger charge is -2.28. The quantitative estimate of drug-likeness (QED) is 0.581. The average Bonchev–Trinajstić information content (AvgIpc) is 2.40. The zero-order valence-electron chi connectivity index (χ0n) is 8.38. The van der Waals surface area contributed by atoms with Crippen LogP contribution in [0, 0.1) is 5.92 Å². The maximum absolute atomic E-state index is 3.87. The minimum absolute atomic E-state index is 0.565. The minimum Gasteiger partial charge on any atom is -0.372 e. The molecule has 0 spiro atoms. The molecule has 0 aromatic rings. The van der Waals surface area contributed by atoms with Crippen molar-refractivity contribution in [3.8, 4) is 0 Å². The first-order chi connectivity index (χ1) is 5.74. The number of allylic oxidation sites excluding steroid dienone is 1. The average molecular weight is 165 g/mol. The SMILES string of the molecule is C=CC1C=C(C)N(CC)C1CC. The third-order valence-corrected chi connectivity index (χ3v) is 2.76. The lowest BCUT2D eigenvalue weighted by Crippen LogP contribution is -2.32. The van der Waals surface area contributed by atoms with Crippen LogP contribution in [0.25, 0.3) is 0 Å². The second kappa shape index (κ2) is 3.79. The van der Waals surface area contributed by atoms with Gasteiger partial charge < -0.3 is 4.90 Å². The second-order valence-electron chi connectivity index (χ2n) is 3.38. The Morgan fingerprint density at radius 3 is 2.67 bits per heavy atom. The van der Waals surface area contributed by atoms with Crippen LogP contribution in [-0.2, 0) is 0 Å². The molecule has 0 aromatic heterocycles. The minimum atomic E-state index is 0.565. The maximum Gasteiger partial charge on any atom is 0.0381 e. The third-order valence-electron chi connectivity index (χ3n) is 2.76. The monoisotopic (exact) mass is 165 g/mol. The number of hydrogen-bond donors (Lipinski definition) is 0. The molecular formula is C11H19N. The van der Waals surface area contributed by atoms with Gasteiger partial charge in [0.05, 0.1) is 0 Å². The molecule has 1 nitrogen and oxygen atoms in total. The number of rotatable bonds is 3. The molecule has 1 heteroatoms. The van der Waals surface area contributed by atoms with E-state index in [1.165, 1.54) is 12.1 Å². The highest BCUT2D eigenvalue weighted by Gasteiger charge is 2.27. The third kappa shape index (κ3) is 1.40. The van der Waals surface area contributed by atoms with Gasteiger partial charge in [-0.25, -0.2) is 0 Å². The van der Waals surface area contributed by atoms with Crippen molar-refractivity contribution in [1.82, 2.24) is 4.90 Å². The van der Waals surface area contributed by atoms with Gasteiger partial charge in [-0.05, 0) is 20.3 Å². The van der Waals surface area contributed by atoms with Crippen LogP contribution in [0.15, 0.2) is 24.4 Å². The molecule has 68 valence electrons. The van der Waals surface area contributed by atoms with Gasteiger partial charge in [0.15, 0.2) is 0 Å². The topological polar surface area (TPSA) is 3.24 Å². The predicted molar refractivity (Wildman–Crippen MR) is 53.9 cm³/mol. The van der Waals surface area contributed by atoms with Crippen molar-refractivity contribution in [3.05, 3.63) is 24.4 Å². The summed E-state index contributed by atoms with van der Waals surface area (Å²) >= 11 is 0. The van der Waals surface area contributed by atoms with Gasteiger partial charge in [0.25, 0.3) is 0 Å². The van der Waals surface area contributed by atoms with E-state index in [-0.39, 0.29) is 0 Å². The fourth-order valence-corrected chi connectivity index (χ4v) is 2.16. The highest BCUT2D eigenvalue weighted by Crippen LogP contribution is 2.29. The molecule has 0 N–H and O–H groups in total. The van der Waals surface area contributed by atoms with Gasteiger partial charge in [-0.3, -0.25) is 0 Å². The van der Waals surface area contributed by atoms with E-state index < -0.39 is 0 Å². The van der Waals surface area contributed by atoms with E-state index in [1.807, 2.05) is 0 Å². The van der Waals surface area contributed by atoms with Crippen LogP contribution >= 0.6 is 0 Å². The molecule has 2 atom stereocenters. The van der Waals surface area contributed by atoms with Gasteiger partial charge in [-0.2, -0.15) is 0 Å². The molecule has 0 amide bonds. The Morgan fingerprint density at radius 1 is 1.58 bits per heavy atom. The van der Waals surface area contributed by atoms with Gasteiger partial charge in [0.2, 0.25) is 0 Å². The highest BCUT2D eigenvalue weighted by molar-refractivity contribution is 5.17. The molecule has 0 radical (unpaired) electrons. The van der Waals surface area contributed by atoms with E-state index in [4.69, 9.17) is 0 Å². The van der Waals surface area contributed by atoms with E-state index in [0.717, 1.165) is 6.54 Å². The van der Waals surface area contributed by atoms with E-state index in [2.05, 4.69) is 44.4 Å². The Morgan fingerprint density at radius 2 is 2.25 bits per heavy atom. The van der Waals surface area contributed by atoms with Crippen LogP contribution < -0.4 is 0 Å². The maximum atomic E-state index is 3.87. The lowest BCUT2D eigenvalue weighted by molar-refractivity contribution is 0.260. The van der Waals surface area contributed by atoms with Gasteiger partial charge in [-0.15, -0.1) is 6.58 Å². The molecule has 0 fully saturated rings. The van der Waals surface area contributed by atoms with Crippen molar-refractivity contribution >= 4 is 0 Å². The Balaban J connectivity index is 2.77. The molecule has 1 rings (SSSR count). The summed E-state index contributed by atoms with van der Waals surface area (Å²) < 4.78 is 0. The summed E-state index contributed by atoms with van der Waals surface area (Å²) in [7, 11) is 0. The molecule has 1 aliphatic heterocycles. The van der Waals surface area contributed by atoms with Crippen molar-refractivity contribution in [2.45, 2.75) is 33.2 Å². The number of nitrogens with zero attached hydrogens (tertiary/aromatic N) is 1. The first kappa shape index (κ1) is 9.37. The summed E-state index contributed by atoms with van der Waals surface area (Å²) in [6.45, 7) is 11.6. The van der Waals surface area contributed by atoms with E-state index in [1.54, 1.807) is 0 Å². The van der Waals surface area contributed by atoms with Crippen LogP contribution in [0.5, 0.6) is 0 Å². The summed E-state index contributed by atoms with van der Waals surface area (Å²) in [5.41, 5.74) is 1.41. The smallest absolute Gasteiger partial charge is 0.0381 e. The molecule has 0 saturated heterocycles. The van der Waals surface area contributed by atoms with Crippen molar-refractivity contribution in [3.63, 3.8) is 0 Å². The van der Waals surface area contributed by atoms with Gasteiger partial charge in [0.1, 0.15) is 0 Å². The fraction of sp³-hybridized carbons (Fsp3) is 0.636. The van der Waals surface area contributed by atoms with Crippen LogP contribution in [-0.4, -0.2) is 17.5 Å². The lowest BCUT2D eigenvalue weighted by atomic mass is 10.00. The summed E-state index contributed by atoms with van der Waals surface area (Å²) in [6, 6.07) is 0.660. The summed E-state index contributed by atoms with van der Waals surface area (Å²) in [6.07, 6.45) is 5.59. The van der Waals surface area contributed by atoms with Crippen LogP contribution in [0.2, 0.25) is 0 Å². The predicted octanol–water partition coefficient (Wildman–Crippen LogP) is 2.81. The molecule has 0 aromatic carbocycles. The normalized spacial score (nSPS) is 28.9. The van der Waals surface area contributed by atoms with Gasteiger partial charge >= 0.3 is 0 Å². The molecular weight excluding hydrogens is 146 g/mol. The van der Waals surface area contributed by atoms with E-state index >= 15 is 0 Å². The van der Waals surface area contributed by atoms with Crippen molar-refractivity contribution in [1.29, 1.82) is 0 Å². The zero-order chi connectivity index (χ0) is 9.14. The fourth-order valence-electron chi connectivity index (χ4n) is 2.16. The van der Waals surface area contributed by atoms with Crippen molar-refractivity contribution < 1.29 is 0 Å². The van der Waals surface area contributed by atoms with Crippen LogP contribution in [0.3, 0.4) is 0 Å². The van der Waals surface area contributed by atoms with Crippen LogP contribution in [0.1, 0.15) is 27.2 Å². The van der Waals surface area contributed by atoms with E-state index in [0.29, 0.717) is 12.0 Å². The van der Waals surface area contributed by atoms with Crippen molar-refractivity contribution in [2.75, 3.05) is 6.54 Å². The summed E-state index contributed by atoms with van der Waals surface area (Å²) in [4.78, 5) is 2.46. The Labute approximate surface area is 75.8 Å². The highest BCUT2D eigenvalue weighted by atomic mass is 15.2. The van der Waals surface area contributed by atoms with Crippen molar-refractivity contribution in [2.24, 2.45) is 5.92 Å². The molecule has 1 heterocycles. The molecule has 0 saturated carbocycles. The summed E-state index contributed by atoms with van der Waals surface area (Å²) in [5.74, 6) is 0.565. The van der Waals surface area contributed by atoms with Crippen LogP contribution in [0.4, 0.5) is 0 Å². The molecule has 0 bridgehead atoms. The van der Waals surface area contributed by atoms with Gasteiger partial charge in [0, 0.05) is 24.2 Å². The second-order valence-corrected chi connectivity index (χ2v) is 3.38. The largest absolute Gasteiger partial charge is 0.372 e. The van der Waals surface area contributed by atoms with E-state index in [9.17, 15) is 0 Å². The summed E-state index contributed by atoms with van der Waals surface area (Å²) in [5, 5.41) is 0. The first-order valence-electron chi connectivity index (χ1n) is 4.82. The standard InChI is InChI=1S/C11H19N/c1-5-10-8-9(4)12(7-3)11(10)6-2/h5,8,10-11H,1,6-7H2,2-4H3. The Kier molecular flexibility index (Phi) is 2.96. The number of hydrogen-bond acceptors (Lipinski definition) is 1. The zero-order valence-corrected chi connectivity index (χ0v) is 8.38. The molecule has 0 aliphatic carbocycles. The first-order valence-corrected chi connectivity index (χ1v) is 4.82. The molecule has 12 heavy (non-hydrogen) atoms. The molecule has 2 unspecified atom stereocenters.